The Balaban J connectivity index is 3.67. The molecule has 0 saturated heterocycles. The van der Waals surface area contributed by atoms with Gasteiger partial charge in [-0.2, -0.15) is 0 Å². The first kappa shape index (κ1) is 8.48. The second-order valence-corrected chi connectivity index (χ2v) is 1.80. The Hall–Kier alpha value is -0.520. The minimum atomic E-state index is -0.269. The fraction of sp³-hybridized carbons (Fsp3) is 0.714. The lowest BCUT2D eigenvalue weighted by molar-refractivity contribution is -0.120. The van der Waals surface area contributed by atoms with Gasteiger partial charge in [0, 0.05) is 14.2 Å². The molecular formula is C7H12O2. The first-order chi connectivity index (χ1) is 4.26. The largest absolute Gasteiger partial charge is 0.355 e. The van der Waals surface area contributed by atoms with Gasteiger partial charge in [-0.25, -0.2) is 0 Å². The van der Waals surface area contributed by atoms with Crippen molar-refractivity contribution in [2.45, 2.75) is 13.2 Å². The third-order valence-electron chi connectivity index (χ3n) is 1.14. The molecule has 0 spiro atoms. The average Bonchev–Trinajstić information content (AvgIpc) is 1.90. The summed E-state index contributed by atoms with van der Waals surface area (Å²) >= 11 is 0. The Morgan fingerprint density at radius 3 is 1.89 bits per heavy atom. The molecule has 1 atom stereocenters. The highest BCUT2D eigenvalue weighted by molar-refractivity contribution is 4.91. The summed E-state index contributed by atoms with van der Waals surface area (Å²) in [6, 6.07) is 0. The second kappa shape index (κ2) is 4.37. The van der Waals surface area contributed by atoms with Gasteiger partial charge in [0.15, 0.2) is 6.29 Å². The average molecular weight is 128 g/mol. The van der Waals surface area contributed by atoms with E-state index < -0.39 is 0 Å². The van der Waals surface area contributed by atoms with E-state index in [2.05, 4.69) is 5.92 Å². The number of ether oxygens (including phenoxy) is 2. The van der Waals surface area contributed by atoms with Crippen LogP contribution in [0.25, 0.3) is 0 Å². The summed E-state index contributed by atoms with van der Waals surface area (Å²) in [6.07, 6.45) is 4.85. The maximum atomic E-state index is 5.11. The summed E-state index contributed by atoms with van der Waals surface area (Å²) in [5.74, 6) is 2.53. The molecule has 2 heteroatoms. The van der Waals surface area contributed by atoms with Gasteiger partial charge < -0.3 is 9.47 Å². The van der Waals surface area contributed by atoms with Crippen LogP contribution >= 0.6 is 0 Å². The molecule has 0 aromatic carbocycles. The Labute approximate surface area is 56.2 Å². The predicted molar refractivity (Wildman–Crippen MR) is 35.8 cm³/mol. The SMILES string of the molecule is C#CC(C)C(OC)OC. The predicted octanol–water partition coefficient (Wildman–Crippen LogP) is 0.875. The van der Waals surface area contributed by atoms with Crippen molar-refractivity contribution >= 4 is 0 Å². The van der Waals surface area contributed by atoms with Gasteiger partial charge in [0.1, 0.15) is 0 Å². The van der Waals surface area contributed by atoms with Crippen LogP contribution in [-0.2, 0) is 9.47 Å². The fourth-order valence-corrected chi connectivity index (χ4v) is 0.583. The van der Waals surface area contributed by atoms with E-state index in [0.717, 1.165) is 0 Å². The molecule has 0 saturated carbocycles. The molecule has 0 aromatic rings. The number of hydrogen-bond acceptors (Lipinski definition) is 2. The highest BCUT2D eigenvalue weighted by Gasteiger charge is 2.11. The van der Waals surface area contributed by atoms with Crippen LogP contribution in [0.2, 0.25) is 0 Å². The van der Waals surface area contributed by atoms with Crippen LogP contribution < -0.4 is 0 Å². The van der Waals surface area contributed by atoms with Crippen molar-refractivity contribution in [3.8, 4) is 12.3 Å². The maximum absolute atomic E-state index is 5.11. The summed E-state index contributed by atoms with van der Waals surface area (Å²) < 4.78 is 9.77. The van der Waals surface area contributed by atoms with Crippen molar-refractivity contribution in [2.75, 3.05) is 14.2 Å². The highest BCUT2D eigenvalue weighted by atomic mass is 16.7. The van der Waals surface area contributed by atoms with E-state index in [0.29, 0.717) is 0 Å². The van der Waals surface area contributed by atoms with Gasteiger partial charge in [-0.05, 0) is 6.92 Å². The minimum Gasteiger partial charge on any atom is -0.355 e. The van der Waals surface area contributed by atoms with Crippen LogP contribution in [0.1, 0.15) is 6.92 Å². The van der Waals surface area contributed by atoms with Gasteiger partial charge in [-0.15, -0.1) is 6.42 Å². The smallest absolute Gasteiger partial charge is 0.170 e. The minimum absolute atomic E-state index is 0.0139. The zero-order valence-corrected chi connectivity index (χ0v) is 6.05. The molecule has 0 amide bonds. The molecular weight excluding hydrogens is 116 g/mol. The van der Waals surface area contributed by atoms with Crippen LogP contribution in [0.4, 0.5) is 0 Å². The molecule has 0 radical (unpaired) electrons. The van der Waals surface area contributed by atoms with Gasteiger partial charge in [0.05, 0.1) is 5.92 Å². The Morgan fingerprint density at radius 1 is 1.33 bits per heavy atom. The molecule has 0 rings (SSSR count). The lowest BCUT2D eigenvalue weighted by Crippen LogP contribution is -2.20. The molecule has 0 aliphatic carbocycles. The van der Waals surface area contributed by atoms with Crippen LogP contribution in [0, 0.1) is 18.3 Å². The van der Waals surface area contributed by atoms with Crippen LogP contribution in [-0.4, -0.2) is 20.5 Å². The van der Waals surface area contributed by atoms with E-state index >= 15 is 0 Å². The summed E-state index contributed by atoms with van der Waals surface area (Å²) in [4.78, 5) is 0. The van der Waals surface area contributed by atoms with E-state index in [1.165, 1.54) is 0 Å². The first-order valence-electron chi connectivity index (χ1n) is 2.78. The molecule has 9 heavy (non-hydrogen) atoms. The Morgan fingerprint density at radius 2 is 1.78 bits per heavy atom. The summed E-state index contributed by atoms with van der Waals surface area (Å²) in [7, 11) is 3.14. The molecule has 0 fully saturated rings. The zero-order chi connectivity index (χ0) is 7.28. The molecule has 0 aliphatic rings. The fourth-order valence-electron chi connectivity index (χ4n) is 0.583. The molecule has 52 valence electrons. The molecule has 0 bridgehead atoms. The lowest BCUT2D eigenvalue weighted by Gasteiger charge is -2.15. The molecule has 1 unspecified atom stereocenters. The van der Waals surface area contributed by atoms with Gasteiger partial charge in [-0.1, -0.05) is 5.92 Å². The van der Waals surface area contributed by atoms with E-state index in [9.17, 15) is 0 Å². The molecule has 2 nitrogen and oxygen atoms in total. The van der Waals surface area contributed by atoms with E-state index in [-0.39, 0.29) is 12.2 Å². The van der Waals surface area contributed by atoms with Gasteiger partial charge >= 0.3 is 0 Å². The van der Waals surface area contributed by atoms with Crippen molar-refractivity contribution in [1.29, 1.82) is 0 Å². The highest BCUT2D eigenvalue weighted by Crippen LogP contribution is 2.04. The quantitative estimate of drug-likeness (QED) is 0.415. The van der Waals surface area contributed by atoms with Crippen LogP contribution in [0.15, 0.2) is 0 Å². The van der Waals surface area contributed by atoms with E-state index in [1.54, 1.807) is 14.2 Å². The zero-order valence-electron chi connectivity index (χ0n) is 6.05. The number of terminal acetylenes is 1. The standard InChI is InChI=1S/C7H12O2/c1-5-6(2)7(8-3)9-4/h1,6-7H,2-4H3. The summed E-state index contributed by atoms with van der Waals surface area (Å²) in [6.45, 7) is 1.87. The van der Waals surface area contributed by atoms with Crippen molar-refractivity contribution in [3.05, 3.63) is 0 Å². The van der Waals surface area contributed by atoms with Crippen molar-refractivity contribution in [1.82, 2.24) is 0 Å². The van der Waals surface area contributed by atoms with E-state index in [4.69, 9.17) is 15.9 Å². The van der Waals surface area contributed by atoms with E-state index in [1.807, 2.05) is 6.92 Å². The molecule has 0 N–H and O–H groups in total. The second-order valence-electron chi connectivity index (χ2n) is 1.80. The van der Waals surface area contributed by atoms with Crippen molar-refractivity contribution < 1.29 is 9.47 Å². The topological polar surface area (TPSA) is 18.5 Å². The number of hydrogen-bond donors (Lipinski definition) is 0. The molecule has 0 aromatic heterocycles. The van der Waals surface area contributed by atoms with Crippen molar-refractivity contribution in [2.24, 2.45) is 5.92 Å². The lowest BCUT2D eigenvalue weighted by atomic mass is 10.2. The third-order valence-corrected chi connectivity index (χ3v) is 1.14. The molecule has 0 heterocycles. The Kier molecular flexibility index (Phi) is 4.12. The third kappa shape index (κ3) is 2.50. The number of methoxy groups -OCH3 is 2. The molecule has 0 aliphatic heterocycles. The van der Waals surface area contributed by atoms with Crippen LogP contribution in [0.5, 0.6) is 0 Å². The maximum Gasteiger partial charge on any atom is 0.170 e. The Bertz CT molecular complexity index is 100.0. The van der Waals surface area contributed by atoms with Crippen molar-refractivity contribution in [3.63, 3.8) is 0 Å². The van der Waals surface area contributed by atoms with Gasteiger partial charge in [-0.3, -0.25) is 0 Å². The summed E-state index contributed by atoms with van der Waals surface area (Å²) in [5.41, 5.74) is 0. The first-order valence-corrected chi connectivity index (χ1v) is 2.78. The summed E-state index contributed by atoms with van der Waals surface area (Å²) in [5, 5.41) is 0. The van der Waals surface area contributed by atoms with Gasteiger partial charge in [0.25, 0.3) is 0 Å². The van der Waals surface area contributed by atoms with Crippen LogP contribution in [0.3, 0.4) is 0 Å². The monoisotopic (exact) mass is 128 g/mol. The normalized spacial score (nSPS) is 13.2. The number of rotatable bonds is 3. The van der Waals surface area contributed by atoms with Gasteiger partial charge in [0.2, 0.25) is 0 Å².